The molecule has 8 nitrogen and oxygen atoms in total. The molecule has 9 heteroatoms. The molecular weight excluding hydrogens is 408 g/mol. The molecule has 0 radical (unpaired) electrons. The average Bonchev–Trinajstić information content (AvgIpc) is 2.78. The number of nitrogens with zero attached hydrogens (tertiary/aromatic N) is 1. The predicted octanol–water partition coefficient (Wildman–Crippen LogP) is 3.03. The number of hydrogen-bond donors (Lipinski definition) is 1. The highest BCUT2D eigenvalue weighted by Gasteiger charge is 2.36. The molecule has 0 bridgehead atoms. The number of sulfonamides is 1. The van der Waals surface area contributed by atoms with Crippen molar-refractivity contribution >= 4 is 27.3 Å². The molecule has 162 valence electrons. The van der Waals surface area contributed by atoms with Crippen LogP contribution < -0.4 is 23.8 Å². The molecule has 0 aromatic heterocycles. The zero-order valence-electron chi connectivity index (χ0n) is 17.7. The minimum absolute atomic E-state index is 0.105. The monoisotopic (exact) mass is 434 g/mol. The van der Waals surface area contributed by atoms with Crippen LogP contribution in [-0.2, 0) is 20.6 Å². The van der Waals surface area contributed by atoms with Crippen LogP contribution in [0.25, 0.3) is 0 Å². The van der Waals surface area contributed by atoms with E-state index in [4.69, 9.17) is 14.2 Å². The van der Waals surface area contributed by atoms with Crippen LogP contribution in [0.4, 0.5) is 11.4 Å². The Labute approximate surface area is 176 Å². The Morgan fingerprint density at radius 1 is 1.10 bits per heavy atom. The highest BCUT2D eigenvalue weighted by Crippen LogP contribution is 2.37. The lowest BCUT2D eigenvalue weighted by Crippen LogP contribution is -2.39. The van der Waals surface area contributed by atoms with Crippen molar-refractivity contribution in [3.05, 3.63) is 42.0 Å². The summed E-state index contributed by atoms with van der Waals surface area (Å²) in [6.45, 7) is 3.86. The fourth-order valence-corrected chi connectivity index (χ4v) is 4.43. The topological polar surface area (TPSA) is 94.2 Å². The van der Waals surface area contributed by atoms with Gasteiger partial charge < -0.3 is 19.1 Å². The highest BCUT2D eigenvalue weighted by molar-refractivity contribution is 7.91. The molecule has 1 aliphatic rings. The summed E-state index contributed by atoms with van der Waals surface area (Å²) in [5, 5.41) is 0. The molecule has 1 heterocycles. The second-order valence-corrected chi connectivity index (χ2v) is 9.49. The van der Waals surface area contributed by atoms with Gasteiger partial charge in [-0.1, -0.05) is 6.07 Å². The maximum absolute atomic E-state index is 12.7. The van der Waals surface area contributed by atoms with Crippen molar-refractivity contribution in [2.75, 3.05) is 37.5 Å². The number of carbonyl (C=O) groups is 1. The molecule has 30 heavy (non-hydrogen) atoms. The lowest BCUT2D eigenvalue weighted by atomic mass is 9.93. The number of nitrogens with one attached hydrogen (secondary N) is 1. The van der Waals surface area contributed by atoms with Gasteiger partial charge in [0.1, 0.15) is 12.4 Å². The zero-order valence-corrected chi connectivity index (χ0v) is 18.5. The van der Waals surface area contributed by atoms with E-state index in [0.29, 0.717) is 34.2 Å². The van der Waals surface area contributed by atoms with Crippen molar-refractivity contribution in [3.63, 3.8) is 0 Å². The summed E-state index contributed by atoms with van der Waals surface area (Å²) in [4.78, 5) is 14.2. The van der Waals surface area contributed by atoms with E-state index in [1.165, 1.54) is 19.1 Å². The summed E-state index contributed by atoms with van der Waals surface area (Å²) in [6, 6.07) is 9.82. The Balaban J connectivity index is 1.83. The molecule has 0 aliphatic carbocycles. The lowest BCUT2D eigenvalue weighted by Gasteiger charge is -2.24. The molecular formula is C21H26N2O6S. The number of anilines is 2. The molecule has 0 spiro atoms. The van der Waals surface area contributed by atoms with Crippen molar-refractivity contribution in [3.8, 4) is 17.2 Å². The van der Waals surface area contributed by atoms with Crippen molar-refractivity contribution in [1.82, 2.24) is 0 Å². The first-order valence-corrected chi connectivity index (χ1v) is 11.0. The van der Waals surface area contributed by atoms with Gasteiger partial charge in [0, 0.05) is 7.05 Å². The number of amides is 1. The van der Waals surface area contributed by atoms with Gasteiger partial charge in [-0.3, -0.25) is 9.52 Å². The van der Waals surface area contributed by atoms with Gasteiger partial charge in [0.2, 0.25) is 15.9 Å². The number of rotatable bonds is 6. The first kappa shape index (κ1) is 21.8. The van der Waals surface area contributed by atoms with E-state index in [-0.39, 0.29) is 18.3 Å². The Kier molecular flexibility index (Phi) is 5.85. The number of fused-ring (bicyclic) bond motifs is 1. The van der Waals surface area contributed by atoms with Crippen molar-refractivity contribution in [1.29, 1.82) is 0 Å². The van der Waals surface area contributed by atoms with Crippen LogP contribution in [0.5, 0.6) is 17.2 Å². The third-order valence-corrected chi connectivity index (χ3v) is 6.13. The van der Waals surface area contributed by atoms with Crippen LogP contribution in [0.1, 0.15) is 19.4 Å². The van der Waals surface area contributed by atoms with Crippen LogP contribution in [-0.4, -0.2) is 42.2 Å². The van der Waals surface area contributed by atoms with Crippen LogP contribution in [0.15, 0.2) is 36.4 Å². The van der Waals surface area contributed by atoms with Crippen LogP contribution in [0.2, 0.25) is 0 Å². The molecule has 0 unspecified atom stereocenters. The van der Waals surface area contributed by atoms with Gasteiger partial charge in [-0.05, 0) is 49.7 Å². The molecule has 1 amide bonds. The third-order valence-electron chi connectivity index (χ3n) is 4.87. The Morgan fingerprint density at radius 3 is 2.47 bits per heavy atom. The largest absolute Gasteiger partial charge is 0.493 e. The second-order valence-electron chi connectivity index (χ2n) is 7.77. The van der Waals surface area contributed by atoms with E-state index in [2.05, 4.69) is 4.72 Å². The number of benzene rings is 2. The summed E-state index contributed by atoms with van der Waals surface area (Å²) in [5.74, 6) is 1.15. The molecule has 0 saturated carbocycles. The zero-order chi connectivity index (χ0) is 22.1. The maximum Gasteiger partial charge on any atom is 0.236 e. The molecule has 0 saturated heterocycles. The average molecular weight is 435 g/mol. The molecule has 2 aromatic rings. The van der Waals surface area contributed by atoms with Gasteiger partial charge in [0.25, 0.3) is 0 Å². The lowest BCUT2D eigenvalue weighted by molar-refractivity contribution is -0.127. The van der Waals surface area contributed by atoms with Gasteiger partial charge in [-0.25, -0.2) is 8.42 Å². The van der Waals surface area contributed by atoms with Gasteiger partial charge in [-0.15, -0.1) is 0 Å². The van der Waals surface area contributed by atoms with Crippen LogP contribution >= 0.6 is 0 Å². The number of hydrogen-bond acceptors (Lipinski definition) is 6. The summed E-state index contributed by atoms with van der Waals surface area (Å²) in [5.41, 5.74) is 0.724. The standard InChI is InChI=1S/C21H26N2O6S/c1-21(2)13-29-17-9-7-15(11-16(17)23(3)20(21)24)22-30(25,26)12-14-6-8-18(27-4)19(10-14)28-5/h6-11,22H,12-13H2,1-5H3. The fraction of sp³-hybridized carbons (Fsp3) is 0.381. The van der Waals surface area contributed by atoms with Crippen molar-refractivity contribution in [2.45, 2.75) is 19.6 Å². The van der Waals surface area contributed by atoms with Gasteiger partial charge in [0.05, 0.1) is 36.8 Å². The van der Waals surface area contributed by atoms with E-state index in [0.717, 1.165) is 0 Å². The first-order chi connectivity index (χ1) is 14.1. The quantitative estimate of drug-likeness (QED) is 0.751. The minimum Gasteiger partial charge on any atom is -0.493 e. The normalized spacial score (nSPS) is 15.6. The van der Waals surface area contributed by atoms with E-state index in [1.807, 2.05) is 13.8 Å². The van der Waals surface area contributed by atoms with Gasteiger partial charge in [0.15, 0.2) is 11.5 Å². The number of carbonyl (C=O) groups excluding carboxylic acids is 1. The minimum atomic E-state index is -3.71. The first-order valence-electron chi connectivity index (χ1n) is 9.33. The summed E-state index contributed by atoms with van der Waals surface area (Å²) < 4.78 is 44.2. The molecule has 3 rings (SSSR count). The molecule has 2 aromatic carbocycles. The van der Waals surface area contributed by atoms with E-state index in [1.54, 1.807) is 43.4 Å². The highest BCUT2D eigenvalue weighted by atomic mass is 32.2. The van der Waals surface area contributed by atoms with E-state index >= 15 is 0 Å². The van der Waals surface area contributed by atoms with Gasteiger partial charge in [-0.2, -0.15) is 0 Å². The van der Waals surface area contributed by atoms with E-state index < -0.39 is 15.4 Å². The maximum atomic E-state index is 12.7. The molecule has 0 fully saturated rings. The van der Waals surface area contributed by atoms with Crippen LogP contribution in [0.3, 0.4) is 0 Å². The molecule has 1 aliphatic heterocycles. The second kappa shape index (κ2) is 8.06. The number of ether oxygens (including phenoxy) is 3. The van der Waals surface area contributed by atoms with Crippen LogP contribution in [0, 0.1) is 5.41 Å². The Hall–Kier alpha value is -2.94. The van der Waals surface area contributed by atoms with Crippen molar-refractivity contribution < 1.29 is 27.4 Å². The molecule has 1 N–H and O–H groups in total. The summed E-state index contributed by atoms with van der Waals surface area (Å²) in [7, 11) is 0.946. The Bertz CT molecular complexity index is 1070. The smallest absolute Gasteiger partial charge is 0.236 e. The van der Waals surface area contributed by atoms with Crippen molar-refractivity contribution in [2.24, 2.45) is 5.41 Å². The van der Waals surface area contributed by atoms with E-state index in [9.17, 15) is 13.2 Å². The Morgan fingerprint density at radius 2 is 1.80 bits per heavy atom. The fourth-order valence-electron chi connectivity index (χ4n) is 3.25. The SMILES string of the molecule is COc1ccc(CS(=O)(=O)Nc2ccc3c(c2)N(C)C(=O)C(C)(C)CO3)cc1OC. The molecule has 0 atom stereocenters. The summed E-state index contributed by atoms with van der Waals surface area (Å²) >= 11 is 0. The third kappa shape index (κ3) is 4.46. The predicted molar refractivity (Wildman–Crippen MR) is 115 cm³/mol. The van der Waals surface area contributed by atoms with Gasteiger partial charge >= 0.3 is 0 Å². The summed E-state index contributed by atoms with van der Waals surface area (Å²) in [6.07, 6.45) is 0. The number of methoxy groups -OCH3 is 2.